The number of anilines is 2. The van der Waals surface area contributed by atoms with Gasteiger partial charge >= 0.3 is 0 Å². The predicted molar refractivity (Wildman–Crippen MR) is 104 cm³/mol. The smallest absolute Gasteiger partial charge is 0.256 e. The molecule has 3 aromatic carbocycles. The average molecular weight is 376 g/mol. The fourth-order valence-corrected chi connectivity index (χ4v) is 3.05. The second kappa shape index (κ2) is 7.52. The summed E-state index contributed by atoms with van der Waals surface area (Å²) >= 11 is 0. The van der Waals surface area contributed by atoms with Gasteiger partial charge in [-0.25, -0.2) is 9.29 Å². The molecule has 1 N–H and O–H groups in total. The van der Waals surface area contributed by atoms with E-state index in [4.69, 9.17) is 4.74 Å². The molecule has 0 spiro atoms. The first kappa shape index (κ1) is 17.7. The van der Waals surface area contributed by atoms with Crippen molar-refractivity contribution in [3.63, 3.8) is 0 Å². The maximum atomic E-state index is 13.1. The lowest BCUT2D eigenvalue weighted by atomic mass is 10.2. The van der Waals surface area contributed by atoms with E-state index in [1.54, 1.807) is 24.3 Å². The first-order chi connectivity index (χ1) is 13.6. The summed E-state index contributed by atoms with van der Waals surface area (Å²) in [6.45, 7) is 0. The standard InChI is InChI=1S/C22H17FN2O3/c23-15-6-10-17(11-7-15)25-21(26)14-20(22(25)27)24-16-8-12-19(13-9-16)28-18-4-2-1-3-5-18/h1-13,20,24H,14H2. The van der Waals surface area contributed by atoms with E-state index in [2.05, 4.69) is 5.32 Å². The molecule has 28 heavy (non-hydrogen) atoms. The minimum Gasteiger partial charge on any atom is -0.457 e. The van der Waals surface area contributed by atoms with E-state index >= 15 is 0 Å². The summed E-state index contributed by atoms with van der Waals surface area (Å²) in [7, 11) is 0. The Morgan fingerprint density at radius 2 is 1.50 bits per heavy atom. The summed E-state index contributed by atoms with van der Waals surface area (Å²) < 4.78 is 18.8. The van der Waals surface area contributed by atoms with Crippen LogP contribution in [0.5, 0.6) is 11.5 Å². The first-order valence-electron chi connectivity index (χ1n) is 8.82. The molecule has 2 amide bonds. The quantitative estimate of drug-likeness (QED) is 0.672. The fraction of sp³-hybridized carbons (Fsp3) is 0.0909. The van der Waals surface area contributed by atoms with E-state index in [1.807, 2.05) is 30.3 Å². The van der Waals surface area contributed by atoms with Crippen LogP contribution in [0, 0.1) is 5.82 Å². The van der Waals surface area contributed by atoms with Crippen LogP contribution in [-0.4, -0.2) is 17.9 Å². The topological polar surface area (TPSA) is 58.6 Å². The van der Waals surface area contributed by atoms with Gasteiger partial charge in [-0.2, -0.15) is 0 Å². The van der Waals surface area contributed by atoms with E-state index < -0.39 is 11.9 Å². The average Bonchev–Trinajstić information content (AvgIpc) is 2.98. The molecule has 0 radical (unpaired) electrons. The molecule has 1 fully saturated rings. The van der Waals surface area contributed by atoms with Crippen molar-refractivity contribution < 1.29 is 18.7 Å². The van der Waals surface area contributed by atoms with Crippen LogP contribution in [0.1, 0.15) is 6.42 Å². The van der Waals surface area contributed by atoms with Gasteiger partial charge in [-0.3, -0.25) is 9.59 Å². The number of carbonyl (C=O) groups excluding carboxylic acids is 2. The molecule has 1 aliphatic heterocycles. The molecule has 0 aliphatic carbocycles. The van der Waals surface area contributed by atoms with E-state index in [-0.39, 0.29) is 18.2 Å². The van der Waals surface area contributed by atoms with Gasteiger partial charge in [-0.1, -0.05) is 18.2 Å². The Balaban J connectivity index is 1.43. The third kappa shape index (κ3) is 3.71. The molecule has 0 saturated carbocycles. The second-order valence-electron chi connectivity index (χ2n) is 6.38. The second-order valence-corrected chi connectivity index (χ2v) is 6.38. The maximum Gasteiger partial charge on any atom is 0.256 e. The molecule has 0 bridgehead atoms. The van der Waals surface area contributed by atoms with Crippen LogP contribution in [0.2, 0.25) is 0 Å². The number of rotatable bonds is 5. The van der Waals surface area contributed by atoms with Crippen molar-refractivity contribution >= 4 is 23.2 Å². The van der Waals surface area contributed by atoms with Crippen molar-refractivity contribution in [2.45, 2.75) is 12.5 Å². The molecule has 0 aromatic heterocycles. The number of amides is 2. The van der Waals surface area contributed by atoms with Crippen molar-refractivity contribution in [2.75, 3.05) is 10.2 Å². The summed E-state index contributed by atoms with van der Waals surface area (Å²) in [5.41, 5.74) is 1.07. The zero-order valence-corrected chi connectivity index (χ0v) is 14.8. The lowest BCUT2D eigenvalue weighted by Gasteiger charge is -2.16. The molecule has 3 aromatic rings. The molecule has 1 unspecified atom stereocenters. The van der Waals surface area contributed by atoms with Gasteiger partial charge in [0, 0.05) is 5.69 Å². The van der Waals surface area contributed by atoms with Crippen molar-refractivity contribution in [1.29, 1.82) is 0 Å². The molecule has 1 atom stereocenters. The van der Waals surface area contributed by atoms with Gasteiger partial charge in [0.15, 0.2) is 0 Å². The number of ether oxygens (including phenoxy) is 1. The number of halogens is 1. The monoisotopic (exact) mass is 376 g/mol. The van der Waals surface area contributed by atoms with E-state index in [0.29, 0.717) is 17.1 Å². The van der Waals surface area contributed by atoms with Crippen LogP contribution in [0.25, 0.3) is 0 Å². The lowest BCUT2D eigenvalue weighted by Crippen LogP contribution is -2.34. The maximum absolute atomic E-state index is 13.1. The van der Waals surface area contributed by atoms with Crippen LogP contribution in [0.15, 0.2) is 78.9 Å². The molecule has 1 aliphatic rings. The summed E-state index contributed by atoms with van der Waals surface area (Å²) in [4.78, 5) is 26.0. The van der Waals surface area contributed by atoms with Crippen molar-refractivity contribution in [3.8, 4) is 11.5 Å². The third-order valence-electron chi connectivity index (χ3n) is 4.41. The Kier molecular flexibility index (Phi) is 4.76. The van der Waals surface area contributed by atoms with Crippen LogP contribution < -0.4 is 15.0 Å². The number of carbonyl (C=O) groups is 2. The van der Waals surface area contributed by atoms with E-state index in [0.717, 1.165) is 10.6 Å². The summed E-state index contributed by atoms with van der Waals surface area (Å²) in [5.74, 6) is 0.294. The molecule has 6 heteroatoms. The first-order valence-corrected chi connectivity index (χ1v) is 8.82. The van der Waals surface area contributed by atoms with Gasteiger partial charge in [0.05, 0.1) is 12.1 Å². The number of hydrogen-bond donors (Lipinski definition) is 1. The highest BCUT2D eigenvalue weighted by atomic mass is 19.1. The van der Waals surface area contributed by atoms with Gasteiger partial charge in [0.25, 0.3) is 5.91 Å². The predicted octanol–water partition coefficient (Wildman–Crippen LogP) is 4.36. The Bertz CT molecular complexity index is 989. The number of nitrogens with one attached hydrogen (secondary N) is 1. The normalized spacial score (nSPS) is 16.3. The van der Waals surface area contributed by atoms with Crippen LogP contribution in [0.3, 0.4) is 0 Å². The SMILES string of the molecule is O=C1CC(Nc2ccc(Oc3ccccc3)cc2)C(=O)N1c1ccc(F)cc1. The lowest BCUT2D eigenvalue weighted by molar-refractivity contribution is -0.121. The highest BCUT2D eigenvalue weighted by Gasteiger charge is 2.39. The largest absolute Gasteiger partial charge is 0.457 e. The van der Waals surface area contributed by atoms with Crippen molar-refractivity contribution in [2.24, 2.45) is 0 Å². The Morgan fingerprint density at radius 3 is 2.18 bits per heavy atom. The molecule has 1 saturated heterocycles. The van der Waals surface area contributed by atoms with Gasteiger partial charge < -0.3 is 10.1 Å². The minimum atomic E-state index is -0.668. The Morgan fingerprint density at radius 1 is 0.857 bits per heavy atom. The van der Waals surface area contributed by atoms with Gasteiger partial charge in [0.1, 0.15) is 23.4 Å². The fourth-order valence-electron chi connectivity index (χ4n) is 3.05. The number of nitrogens with zero attached hydrogens (tertiary/aromatic N) is 1. The number of hydrogen-bond acceptors (Lipinski definition) is 4. The summed E-state index contributed by atoms with van der Waals surface area (Å²) in [5, 5.41) is 3.08. The molecule has 5 nitrogen and oxygen atoms in total. The highest BCUT2D eigenvalue weighted by Crippen LogP contribution is 2.27. The van der Waals surface area contributed by atoms with Crippen LogP contribution in [0.4, 0.5) is 15.8 Å². The molecule has 140 valence electrons. The Labute approximate surface area is 161 Å². The van der Waals surface area contributed by atoms with Crippen LogP contribution >= 0.6 is 0 Å². The highest BCUT2D eigenvalue weighted by molar-refractivity contribution is 6.23. The summed E-state index contributed by atoms with van der Waals surface area (Å²) in [6.07, 6.45) is 0.0402. The zero-order chi connectivity index (χ0) is 19.5. The Hall–Kier alpha value is -3.67. The van der Waals surface area contributed by atoms with E-state index in [1.165, 1.54) is 24.3 Å². The van der Waals surface area contributed by atoms with E-state index in [9.17, 15) is 14.0 Å². The van der Waals surface area contributed by atoms with Crippen LogP contribution in [-0.2, 0) is 9.59 Å². The molecule has 1 heterocycles. The molecular formula is C22H17FN2O3. The summed E-state index contributed by atoms with van der Waals surface area (Å²) in [6, 6.07) is 21.2. The van der Waals surface area contributed by atoms with Gasteiger partial charge in [-0.05, 0) is 60.7 Å². The van der Waals surface area contributed by atoms with Crippen molar-refractivity contribution in [3.05, 3.63) is 84.7 Å². The van der Waals surface area contributed by atoms with Gasteiger partial charge in [0.2, 0.25) is 5.91 Å². The minimum absolute atomic E-state index is 0.0402. The molecular weight excluding hydrogens is 359 g/mol. The van der Waals surface area contributed by atoms with Gasteiger partial charge in [-0.15, -0.1) is 0 Å². The number of benzene rings is 3. The number of para-hydroxylation sites is 1. The molecule has 4 rings (SSSR count). The van der Waals surface area contributed by atoms with Crippen molar-refractivity contribution in [1.82, 2.24) is 0 Å². The third-order valence-corrected chi connectivity index (χ3v) is 4.41. The number of imide groups is 1. The zero-order valence-electron chi connectivity index (χ0n) is 14.8.